The van der Waals surface area contributed by atoms with Crippen molar-refractivity contribution in [1.29, 1.82) is 0 Å². The van der Waals surface area contributed by atoms with E-state index >= 15 is 0 Å². The highest BCUT2D eigenvalue weighted by Gasteiger charge is 2.37. The molecule has 0 unspecified atom stereocenters. The Morgan fingerprint density at radius 2 is 1.54 bits per heavy atom. The van der Waals surface area contributed by atoms with Gasteiger partial charge in [-0.1, -0.05) is 42.5 Å². The average molecular weight is 369 g/mol. The normalized spacial score (nSPS) is 16.7. The second-order valence-corrected chi connectivity index (χ2v) is 7.77. The van der Waals surface area contributed by atoms with Gasteiger partial charge in [-0.25, -0.2) is 12.8 Å². The number of para-hydroxylation sites is 2. The van der Waals surface area contributed by atoms with Gasteiger partial charge in [-0.15, -0.1) is 0 Å². The maximum atomic E-state index is 13.4. The minimum Gasteiger partial charge on any atom is -0.489 e. The van der Waals surface area contributed by atoms with Gasteiger partial charge in [0, 0.05) is 0 Å². The number of sulfonamides is 1. The van der Waals surface area contributed by atoms with Crippen LogP contribution in [0.5, 0.6) is 5.75 Å². The van der Waals surface area contributed by atoms with E-state index in [1.165, 1.54) is 16.4 Å². The molecule has 0 aliphatic carbocycles. The Bertz CT molecular complexity index is 1020. The van der Waals surface area contributed by atoms with Crippen molar-refractivity contribution in [3.63, 3.8) is 0 Å². The van der Waals surface area contributed by atoms with Crippen LogP contribution in [-0.4, -0.2) is 15.0 Å². The first kappa shape index (κ1) is 16.6. The Balaban J connectivity index is 1.89. The lowest BCUT2D eigenvalue weighted by Gasteiger charge is -2.37. The molecule has 6 heteroatoms. The van der Waals surface area contributed by atoms with Gasteiger partial charge in [-0.05, 0) is 42.0 Å². The predicted molar refractivity (Wildman–Crippen MR) is 97.2 cm³/mol. The fourth-order valence-corrected chi connectivity index (χ4v) is 4.72. The lowest BCUT2D eigenvalue weighted by atomic mass is 10.1. The fraction of sp³-hybridized carbons (Fsp3) is 0.100. The van der Waals surface area contributed by atoms with E-state index in [2.05, 4.69) is 0 Å². The van der Waals surface area contributed by atoms with E-state index in [-0.39, 0.29) is 11.5 Å². The van der Waals surface area contributed by atoms with Crippen LogP contribution in [0.1, 0.15) is 11.6 Å². The van der Waals surface area contributed by atoms with Gasteiger partial charge in [-0.2, -0.15) is 0 Å². The molecule has 0 saturated heterocycles. The highest BCUT2D eigenvalue weighted by atomic mass is 32.2. The zero-order valence-electron chi connectivity index (χ0n) is 13.7. The molecule has 1 heterocycles. The molecule has 26 heavy (non-hydrogen) atoms. The predicted octanol–water partition coefficient (Wildman–Crippen LogP) is 4.15. The molecule has 132 valence electrons. The summed E-state index contributed by atoms with van der Waals surface area (Å²) in [5.74, 6) is 0.0244. The number of halogens is 1. The van der Waals surface area contributed by atoms with E-state index < -0.39 is 21.9 Å². The molecule has 0 bridgehead atoms. The van der Waals surface area contributed by atoms with Gasteiger partial charge in [0.2, 0.25) is 0 Å². The van der Waals surface area contributed by atoms with E-state index in [9.17, 15) is 12.8 Å². The number of nitrogens with zero attached hydrogens (tertiary/aromatic N) is 1. The molecule has 1 aliphatic rings. The highest BCUT2D eigenvalue weighted by Crippen LogP contribution is 2.42. The second-order valence-electron chi connectivity index (χ2n) is 5.96. The van der Waals surface area contributed by atoms with Crippen molar-refractivity contribution in [2.24, 2.45) is 0 Å². The molecule has 1 atom stereocenters. The molecule has 4 rings (SSSR count). The standard InChI is InChI=1S/C20H16FNO3S/c21-16-10-12-17(13-11-16)26(23,24)22-18-8-4-5-9-20(18)25-14-19(22)15-6-2-1-3-7-15/h1-13,19H,14H2/t19-/m0/s1. The van der Waals surface area contributed by atoms with Crippen molar-refractivity contribution in [3.8, 4) is 5.75 Å². The van der Waals surface area contributed by atoms with E-state index in [1.807, 2.05) is 30.3 Å². The summed E-state index contributed by atoms with van der Waals surface area (Å²) in [6, 6.07) is 20.7. The molecule has 3 aromatic rings. The monoisotopic (exact) mass is 369 g/mol. The minimum absolute atomic E-state index is 0.0385. The fourth-order valence-electron chi connectivity index (χ4n) is 3.09. The molecule has 0 N–H and O–H groups in total. The summed E-state index contributed by atoms with van der Waals surface area (Å²) in [5.41, 5.74) is 1.30. The van der Waals surface area contributed by atoms with Crippen LogP contribution in [0.4, 0.5) is 10.1 Å². The van der Waals surface area contributed by atoms with Crippen molar-refractivity contribution < 1.29 is 17.5 Å². The smallest absolute Gasteiger partial charge is 0.265 e. The average Bonchev–Trinajstić information content (AvgIpc) is 2.68. The van der Waals surface area contributed by atoms with Crippen molar-refractivity contribution in [1.82, 2.24) is 0 Å². The van der Waals surface area contributed by atoms with Crippen LogP contribution in [0, 0.1) is 5.82 Å². The Labute approximate surface area is 151 Å². The number of anilines is 1. The highest BCUT2D eigenvalue weighted by molar-refractivity contribution is 7.92. The molecular weight excluding hydrogens is 353 g/mol. The quantitative estimate of drug-likeness (QED) is 0.697. The Hall–Kier alpha value is -2.86. The third-order valence-corrected chi connectivity index (χ3v) is 6.17. The number of hydrogen-bond acceptors (Lipinski definition) is 3. The van der Waals surface area contributed by atoms with Crippen molar-refractivity contribution in [3.05, 3.63) is 90.2 Å². The molecule has 0 radical (unpaired) electrons. The van der Waals surface area contributed by atoms with Gasteiger partial charge in [0.15, 0.2) is 0 Å². The van der Waals surface area contributed by atoms with E-state index in [0.29, 0.717) is 11.4 Å². The summed E-state index contributed by atoms with van der Waals surface area (Å²) >= 11 is 0. The van der Waals surface area contributed by atoms with Gasteiger partial charge < -0.3 is 4.74 Å². The van der Waals surface area contributed by atoms with Crippen LogP contribution in [0.25, 0.3) is 0 Å². The summed E-state index contributed by atoms with van der Waals surface area (Å²) in [4.78, 5) is 0.0385. The zero-order chi connectivity index (χ0) is 18.1. The number of hydrogen-bond donors (Lipinski definition) is 0. The molecule has 0 spiro atoms. The SMILES string of the molecule is O=S(=O)(c1ccc(F)cc1)N1c2ccccc2OC[C@H]1c1ccccc1. The lowest BCUT2D eigenvalue weighted by Crippen LogP contribution is -2.41. The maximum absolute atomic E-state index is 13.4. The van der Waals surface area contributed by atoms with Crippen molar-refractivity contribution in [2.75, 3.05) is 10.9 Å². The summed E-state index contributed by atoms with van der Waals surface area (Å²) in [7, 11) is -3.90. The van der Waals surface area contributed by atoms with E-state index in [0.717, 1.165) is 17.7 Å². The molecule has 3 aromatic carbocycles. The van der Waals surface area contributed by atoms with Crippen LogP contribution in [0.15, 0.2) is 83.8 Å². The third kappa shape index (κ3) is 2.82. The van der Waals surface area contributed by atoms with Crippen molar-refractivity contribution in [2.45, 2.75) is 10.9 Å². The van der Waals surface area contributed by atoms with E-state index in [4.69, 9.17) is 4.74 Å². The number of ether oxygens (including phenoxy) is 1. The first-order valence-corrected chi connectivity index (χ1v) is 9.58. The molecule has 0 amide bonds. The second kappa shape index (κ2) is 6.46. The van der Waals surface area contributed by atoms with E-state index in [1.54, 1.807) is 24.3 Å². The first-order valence-electron chi connectivity index (χ1n) is 8.14. The summed E-state index contributed by atoms with van der Waals surface area (Å²) in [5, 5.41) is 0. The van der Waals surface area contributed by atoms with Crippen molar-refractivity contribution >= 4 is 15.7 Å². The zero-order valence-corrected chi connectivity index (χ0v) is 14.6. The molecule has 0 saturated carbocycles. The van der Waals surface area contributed by atoms with Gasteiger partial charge in [0.05, 0.1) is 10.6 Å². The number of fused-ring (bicyclic) bond motifs is 1. The minimum atomic E-state index is -3.90. The van der Waals surface area contributed by atoms with Gasteiger partial charge in [-0.3, -0.25) is 4.31 Å². The van der Waals surface area contributed by atoms with Gasteiger partial charge >= 0.3 is 0 Å². The number of benzene rings is 3. The number of rotatable bonds is 3. The van der Waals surface area contributed by atoms with Gasteiger partial charge in [0.1, 0.15) is 24.2 Å². The summed E-state index contributed by atoms with van der Waals surface area (Å²) in [6.45, 7) is 0.196. The molecule has 0 aromatic heterocycles. The summed E-state index contributed by atoms with van der Waals surface area (Å²) < 4.78 is 47.2. The Kier molecular flexibility index (Phi) is 4.12. The van der Waals surface area contributed by atoms with Crippen LogP contribution < -0.4 is 9.04 Å². The van der Waals surface area contributed by atoms with Crippen LogP contribution in [0.2, 0.25) is 0 Å². The molecule has 0 fully saturated rings. The first-order chi connectivity index (χ1) is 12.6. The topological polar surface area (TPSA) is 46.6 Å². The van der Waals surface area contributed by atoms with Crippen LogP contribution >= 0.6 is 0 Å². The maximum Gasteiger partial charge on any atom is 0.265 e. The van der Waals surface area contributed by atoms with Gasteiger partial charge in [0.25, 0.3) is 10.0 Å². The Morgan fingerprint density at radius 3 is 2.27 bits per heavy atom. The molecule has 4 nitrogen and oxygen atoms in total. The summed E-state index contributed by atoms with van der Waals surface area (Å²) in [6.07, 6.45) is 0. The lowest BCUT2D eigenvalue weighted by molar-refractivity contribution is 0.275. The third-order valence-electron chi connectivity index (χ3n) is 4.34. The molecular formula is C20H16FNO3S. The van der Waals surface area contributed by atoms with Crippen LogP contribution in [0.3, 0.4) is 0 Å². The largest absolute Gasteiger partial charge is 0.489 e. The molecule has 1 aliphatic heterocycles. The van der Waals surface area contributed by atoms with Crippen LogP contribution in [-0.2, 0) is 10.0 Å². The Morgan fingerprint density at radius 1 is 0.885 bits per heavy atom.